The molecule has 0 saturated carbocycles. The number of carbonyl (C=O) groups is 1. The summed E-state index contributed by atoms with van der Waals surface area (Å²) in [4.78, 5) is 30.0. The fraction of sp³-hybridized carbons (Fsp3) is 0.762. The highest BCUT2D eigenvalue weighted by molar-refractivity contribution is 7.11. The van der Waals surface area contributed by atoms with Crippen LogP contribution < -0.4 is 5.32 Å². The Bertz CT molecular complexity index is 676. The average Bonchev–Trinajstić information content (AvgIpc) is 3.44. The van der Waals surface area contributed by atoms with Crippen LogP contribution in [0.4, 0.5) is 0 Å². The van der Waals surface area contributed by atoms with Crippen molar-refractivity contribution < 1.29 is 4.79 Å². The van der Waals surface area contributed by atoms with Crippen molar-refractivity contribution in [3.8, 4) is 0 Å². The maximum Gasteiger partial charge on any atom is 0.239 e. The number of nitrogens with zero attached hydrogens (tertiary/aromatic N) is 5. The van der Waals surface area contributed by atoms with Crippen LogP contribution in [0.15, 0.2) is 11.2 Å². The number of thiazole rings is 1. The van der Waals surface area contributed by atoms with E-state index in [0.29, 0.717) is 5.91 Å². The third kappa shape index (κ3) is 5.92. The fourth-order valence-electron chi connectivity index (χ4n) is 3.99. The maximum absolute atomic E-state index is 12.7. The highest BCUT2D eigenvalue weighted by Crippen LogP contribution is 2.15. The predicted molar refractivity (Wildman–Crippen MR) is 120 cm³/mol. The van der Waals surface area contributed by atoms with Gasteiger partial charge in [0.05, 0.1) is 11.0 Å². The van der Waals surface area contributed by atoms with Gasteiger partial charge in [-0.1, -0.05) is 6.92 Å². The molecule has 29 heavy (non-hydrogen) atoms. The van der Waals surface area contributed by atoms with Gasteiger partial charge in [-0.3, -0.25) is 14.7 Å². The molecule has 0 bridgehead atoms. The number of amides is 1. The molecule has 1 aromatic rings. The van der Waals surface area contributed by atoms with Crippen molar-refractivity contribution in [2.45, 2.75) is 52.5 Å². The lowest BCUT2D eigenvalue weighted by atomic mass is 10.2. The summed E-state index contributed by atoms with van der Waals surface area (Å²) in [6.07, 6.45) is 6.22. The van der Waals surface area contributed by atoms with Crippen LogP contribution >= 0.6 is 11.3 Å². The smallest absolute Gasteiger partial charge is 0.239 e. The van der Waals surface area contributed by atoms with Crippen molar-refractivity contribution in [2.75, 3.05) is 52.4 Å². The SMILES string of the molecule is CCNC(=NCCc1ncc(CC)s1)N1CCN(C(C)C(=O)N2CCCC2)CC1. The molecule has 2 saturated heterocycles. The van der Waals surface area contributed by atoms with Gasteiger partial charge in [0.15, 0.2) is 5.96 Å². The highest BCUT2D eigenvalue weighted by Gasteiger charge is 2.30. The van der Waals surface area contributed by atoms with Gasteiger partial charge in [-0.05, 0) is 33.1 Å². The van der Waals surface area contributed by atoms with Gasteiger partial charge in [0.2, 0.25) is 5.91 Å². The normalized spacial score (nSPS) is 19.6. The Labute approximate surface area is 179 Å². The summed E-state index contributed by atoms with van der Waals surface area (Å²) >= 11 is 1.79. The number of aromatic nitrogens is 1. The molecule has 0 aliphatic carbocycles. The Morgan fingerprint density at radius 2 is 1.90 bits per heavy atom. The monoisotopic (exact) mass is 420 g/mol. The van der Waals surface area contributed by atoms with Crippen LogP contribution in [0, 0.1) is 0 Å². The van der Waals surface area contributed by atoms with Crippen molar-refractivity contribution in [2.24, 2.45) is 4.99 Å². The molecular weight excluding hydrogens is 384 g/mol. The van der Waals surface area contributed by atoms with E-state index < -0.39 is 0 Å². The minimum atomic E-state index is -0.0209. The van der Waals surface area contributed by atoms with Crippen LogP contribution in [0.1, 0.15) is 43.5 Å². The molecule has 2 aliphatic heterocycles. The van der Waals surface area contributed by atoms with E-state index in [1.807, 2.05) is 11.1 Å². The number of hydrogen-bond acceptors (Lipinski definition) is 5. The summed E-state index contributed by atoms with van der Waals surface area (Å²) in [6, 6.07) is -0.0209. The summed E-state index contributed by atoms with van der Waals surface area (Å²) in [5, 5.41) is 4.60. The van der Waals surface area contributed by atoms with Gasteiger partial charge in [0, 0.05) is 69.9 Å². The first kappa shape index (κ1) is 22.0. The Morgan fingerprint density at radius 3 is 2.52 bits per heavy atom. The predicted octanol–water partition coefficient (Wildman–Crippen LogP) is 1.84. The van der Waals surface area contributed by atoms with Gasteiger partial charge < -0.3 is 15.1 Å². The van der Waals surface area contributed by atoms with Gasteiger partial charge in [0.25, 0.3) is 0 Å². The Hall–Kier alpha value is -1.67. The highest BCUT2D eigenvalue weighted by atomic mass is 32.1. The van der Waals surface area contributed by atoms with E-state index in [-0.39, 0.29) is 6.04 Å². The lowest BCUT2D eigenvalue weighted by Gasteiger charge is -2.39. The van der Waals surface area contributed by atoms with Crippen molar-refractivity contribution in [1.29, 1.82) is 0 Å². The lowest BCUT2D eigenvalue weighted by molar-refractivity contribution is -0.135. The molecule has 0 radical (unpaired) electrons. The fourth-order valence-corrected chi connectivity index (χ4v) is 4.84. The van der Waals surface area contributed by atoms with Crippen molar-refractivity contribution in [3.05, 3.63) is 16.1 Å². The largest absolute Gasteiger partial charge is 0.357 e. The Morgan fingerprint density at radius 1 is 1.17 bits per heavy atom. The minimum absolute atomic E-state index is 0.0209. The maximum atomic E-state index is 12.7. The molecule has 3 heterocycles. The van der Waals surface area contributed by atoms with Crippen molar-refractivity contribution >= 4 is 23.2 Å². The Balaban J connectivity index is 1.49. The number of nitrogens with one attached hydrogen (secondary N) is 1. The summed E-state index contributed by atoms with van der Waals surface area (Å²) in [7, 11) is 0. The van der Waals surface area contributed by atoms with E-state index >= 15 is 0 Å². The molecule has 0 spiro atoms. The second-order valence-electron chi connectivity index (χ2n) is 7.79. The molecule has 162 valence electrons. The molecule has 8 heteroatoms. The third-order valence-corrected chi connectivity index (χ3v) is 7.01. The summed E-state index contributed by atoms with van der Waals surface area (Å²) in [6.45, 7) is 13.4. The lowest BCUT2D eigenvalue weighted by Crippen LogP contribution is -2.57. The zero-order chi connectivity index (χ0) is 20.6. The molecular formula is C21H36N6OS. The van der Waals surface area contributed by atoms with Gasteiger partial charge in [0.1, 0.15) is 0 Å². The van der Waals surface area contributed by atoms with Crippen LogP contribution in [0.3, 0.4) is 0 Å². The third-order valence-electron chi connectivity index (χ3n) is 5.81. The number of likely N-dealkylation sites (tertiary alicyclic amines) is 1. The first-order valence-corrected chi connectivity index (χ1v) is 11.9. The van der Waals surface area contributed by atoms with E-state index in [2.05, 4.69) is 40.9 Å². The Kier molecular flexibility index (Phi) is 8.29. The summed E-state index contributed by atoms with van der Waals surface area (Å²) < 4.78 is 0. The first-order chi connectivity index (χ1) is 14.1. The van der Waals surface area contributed by atoms with Crippen molar-refractivity contribution in [1.82, 2.24) is 25.0 Å². The molecule has 0 aromatic carbocycles. The average molecular weight is 421 g/mol. The molecule has 7 nitrogen and oxygen atoms in total. The van der Waals surface area contributed by atoms with E-state index in [1.165, 1.54) is 9.88 Å². The molecule has 1 N–H and O–H groups in total. The van der Waals surface area contributed by atoms with Crippen LogP contribution in [0.25, 0.3) is 0 Å². The van der Waals surface area contributed by atoms with Crippen LogP contribution in [0.5, 0.6) is 0 Å². The zero-order valence-corrected chi connectivity index (χ0v) is 19.0. The molecule has 2 aliphatic rings. The number of guanidine groups is 1. The number of aryl methyl sites for hydroxylation is 1. The molecule has 3 rings (SSSR count). The molecule has 2 fully saturated rings. The second kappa shape index (κ2) is 10.9. The zero-order valence-electron chi connectivity index (χ0n) is 18.2. The second-order valence-corrected chi connectivity index (χ2v) is 8.99. The van der Waals surface area contributed by atoms with Crippen molar-refractivity contribution in [3.63, 3.8) is 0 Å². The topological polar surface area (TPSA) is 64.1 Å². The summed E-state index contributed by atoms with van der Waals surface area (Å²) in [5.41, 5.74) is 0. The first-order valence-electron chi connectivity index (χ1n) is 11.1. The van der Waals surface area contributed by atoms with E-state index in [4.69, 9.17) is 4.99 Å². The minimum Gasteiger partial charge on any atom is -0.357 e. The number of hydrogen-bond donors (Lipinski definition) is 1. The number of carbonyl (C=O) groups excluding carboxylic acids is 1. The molecule has 1 unspecified atom stereocenters. The molecule has 1 amide bonds. The van der Waals surface area contributed by atoms with Crippen LogP contribution in [-0.4, -0.2) is 90.0 Å². The van der Waals surface area contributed by atoms with Gasteiger partial charge in [-0.15, -0.1) is 11.3 Å². The van der Waals surface area contributed by atoms with Gasteiger partial charge in [-0.2, -0.15) is 0 Å². The number of aliphatic imine (C=N–C) groups is 1. The van der Waals surface area contributed by atoms with Gasteiger partial charge >= 0.3 is 0 Å². The van der Waals surface area contributed by atoms with E-state index in [1.54, 1.807) is 11.3 Å². The van der Waals surface area contributed by atoms with E-state index in [9.17, 15) is 4.79 Å². The molecule has 1 atom stereocenters. The van der Waals surface area contributed by atoms with E-state index in [0.717, 1.165) is 84.0 Å². The quantitative estimate of drug-likeness (QED) is 0.539. The van der Waals surface area contributed by atoms with Crippen LogP contribution in [0.2, 0.25) is 0 Å². The standard InChI is InChI=1S/C21H36N6OS/c1-4-18-16-24-19(29-18)8-9-23-21(22-5-2)27-14-12-25(13-15-27)17(3)20(28)26-10-6-7-11-26/h16-17H,4-15H2,1-3H3,(H,22,23). The number of piperazine rings is 1. The van der Waals surface area contributed by atoms with Crippen LogP contribution in [-0.2, 0) is 17.6 Å². The summed E-state index contributed by atoms with van der Waals surface area (Å²) in [5.74, 6) is 1.28. The van der Waals surface area contributed by atoms with Gasteiger partial charge in [-0.25, -0.2) is 4.98 Å². The number of rotatable bonds is 7. The molecule has 1 aromatic heterocycles.